The predicted octanol–water partition coefficient (Wildman–Crippen LogP) is 3.18. The number of aromatic nitrogens is 2. The van der Waals surface area contributed by atoms with Crippen LogP contribution in [0, 0.1) is 5.82 Å². The van der Waals surface area contributed by atoms with E-state index >= 15 is 0 Å². The number of ether oxygens (including phenoxy) is 1. The number of hydrogen-bond donors (Lipinski definition) is 4. The van der Waals surface area contributed by atoms with Gasteiger partial charge >= 0.3 is 0 Å². The summed E-state index contributed by atoms with van der Waals surface area (Å²) in [6.45, 7) is 3.85. The number of hydrogen-bond acceptors (Lipinski definition) is 9. The first-order valence-electron chi connectivity index (χ1n) is 10.3. The minimum absolute atomic E-state index is 0.0291. The molecule has 1 aromatic heterocycles. The van der Waals surface area contributed by atoms with Crippen molar-refractivity contribution < 1.29 is 27.4 Å². The van der Waals surface area contributed by atoms with Gasteiger partial charge in [0.25, 0.3) is 5.91 Å². The summed E-state index contributed by atoms with van der Waals surface area (Å²) in [5.74, 6) is -1.16. The van der Waals surface area contributed by atoms with Crippen molar-refractivity contribution in [1.82, 2.24) is 14.3 Å². The van der Waals surface area contributed by atoms with Crippen LogP contribution < -0.4 is 15.8 Å². The Hall–Kier alpha value is -2.87. The zero-order valence-electron chi connectivity index (χ0n) is 19.2. The number of amides is 1. The van der Waals surface area contributed by atoms with E-state index in [4.69, 9.17) is 10.5 Å². The molecule has 5 N–H and O–H groups in total. The number of rotatable bonds is 6. The van der Waals surface area contributed by atoms with Gasteiger partial charge < -0.3 is 15.8 Å². The molecule has 13 heteroatoms. The molecule has 0 saturated carbocycles. The largest absolute Gasteiger partial charge is 0.474 e. The molecule has 0 fully saturated rings. The van der Waals surface area contributed by atoms with Crippen LogP contribution in [0.4, 0.5) is 14.5 Å². The van der Waals surface area contributed by atoms with Crippen LogP contribution in [0.15, 0.2) is 35.6 Å². The van der Waals surface area contributed by atoms with E-state index in [9.17, 15) is 22.7 Å². The molecule has 0 spiro atoms. The third-order valence-corrected chi connectivity index (χ3v) is 8.20. The molecule has 1 aliphatic rings. The third kappa shape index (κ3) is 4.82. The Bertz CT molecular complexity index is 1100. The Kier molecular flexibility index (Phi) is 7.12. The minimum atomic E-state index is -3.35. The molecule has 0 aliphatic carbocycles. The van der Waals surface area contributed by atoms with Crippen LogP contribution in [0.3, 0.4) is 0 Å². The highest BCUT2D eigenvalue weighted by Gasteiger charge is 2.48. The molecule has 34 heavy (non-hydrogen) atoms. The molecule has 2 aromatic rings. The van der Waals surface area contributed by atoms with E-state index in [0.29, 0.717) is 0 Å². The lowest BCUT2D eigenvalue weighted by molar-refractivity contribution is 0.102. The maximum absolute atomic E-state index is 15.0. The van der Waals surface area contributed by atoms with Crippen molar-refractivity contribution >= 4 is 28.2 Å². The van der Waals surface area contributed by atoms with E-state index in [-0.39, 0.29) is 41.8 Å². The predicted molar refractivity (Wildman–Crippen MR) is 126 cm³/mol. The van der Waals surface area contributed by atoms with Crippen molar-refractivity contribution in [1.29, 1.82) is 0 Å². The van der Waals surface area contributed by atoms with Gasteiger partial charge in [-0.05, 0) is 39.0 Å². The SMILES string of the molecule is CN1C[C@@](C)(c2cc(NC(=O)c3cnc(OCCF)cn3)ccc2F)N=C(N)C(C)(C)S1(O)O. The number of carbonyl (C=O) groups excluding carboxylic acids is 1. The van der Waals surface area contributed by atoms with Gasteiger partial charge in [0.15, 0.2) is 0 Å². The monoisotopic (exact) mass is 498 g/mol. The Morgan fingerprint density at radius 1 is 1.29 bits per heavy atom. The topological polar surface area (TPSA) is 146 Å². The maximum atomic E-state index is 15.0. The molecule has 2 heterocycles. The molecule has 0 radical (unpaired) electrons. The summed E-state index contributed by atoms with van der Waals surface area (Å²) < 4.78 is 53.7. The average molecular weight is 499 g/mol. The van der Waals surface area contributed by atoms with Crippen LogP contribution >= 0.6 is 10.8 Å². The number of alkyl halides is 1. The lowest BCUT2D eigenvalue weighted by Crippen LogP contribution is -2.46. The summed E-state index contributed by atoms with van der Waals surface area (Å²) in [4.78, 5) is 24.9. The van der Waals surface area contributed by atoms with Crippen molar-refractivity contribution in [3.05, 3.63) is 47.7 Å². The molecular weight excluding hydrogens is 470 g/mol. The van der Waals surface area contributed by atoms with Gasteiger partial charge in [0.05, 0.1) is 12.4 Å². The van der Waals surface area contributed by atoms with Gasteiger partial charge in [0.1, 0.15) is 40.9 Å². The number of aliphatic imine (C=N–C) groups is 1. The molecule has 0 bridgehead atoms. The lowest BCUT2D eigenvalue weighted by Gasteiger charge is -2.50. The van der Waals surface area contributed by atoms with Crippen LogP contribution in [-0.2, 0) is 5.54 Å². The van der Waals surface area contributed by atoms with E-state index < -0.39 is 39.5 Å². The molecule has 10 nitrogen and oxygen atoms in total. The molecule has 186 valence electrons. The van der Waals surface area contributed by atoms with E-state index in [1.807, 2.05) is 0 Å². The number of carbonyl (C=O) groups is 1. The second kappa shape index (κ2) is 9.41. The van der Waals surface area contributed by atoms with Crippen LogP contribution in [-0.4, -0.2) is 66.7 Å². The molecule has 1 atom stereocenters. The summed E-state index contributed by atoms with van der Waals surface area (Å²) in [5, 5.41) is 2.62. The Morgan fingerprint density at radius 3 is 2.62 bits per heavy atom. The first-order valence-corrected chi connectivity index (χ1v) is 11.8. The fourth-order valence-electron chi connectivity index (χ4n) is 3.50. The number of nitrogens with two attached hydrogens (primary N) is 1. The van der Waals surface area contributed by atoms with E-state index in [1.54, 1.807) is 20.8 Å². The first-order chi connectivity index (χ1) is 15.8. The van der Waals surface area contributed by atoms with Gasteiger partial charge in [0, 0.05) is 24.8 Å². The summed E-state index contributed by atoms with van der Waals surface area (Å²) in [7, 11) is -1.85. The number of amidine groups is 1. The molecular formula is C21H28F2N6O4S. The number of halogens is 2. The minimum Gasteiger partial charge on any atom is -0.474 e. The molecule has 1 aromatic carbocycles. The highest BCUT2D eigenvalue weighted by Crippen LogP contribution is 2.57. The summed E-state index contributed by atoms with van der Waals surface area (Å²) in [6.07, 6.45) is 2.37. The number of nitrogens with one attached hydrogen (secondary N) is 1. The van der Waals surface area contributed by atoms with Gasteiger partial charge in [-0.1, -0.05) is 0 Å². The summed E-state index contributed by atoms with van der Waals surface area (Å²) >= 11 is 0. The summed E-state index contributed by atoms with van der Waals surface area (Å²) in [5.41, 5.74) is 5.19. The normalized spacial score (nSPS) is 22.9. The van der Waals surface area contributed by atoms with Crippen molar-refractivity contribution in [2.75, 3.05) is 32.2 Å². The van der Waals surface area contributed by atoms with Crippen molar-refractivity contribution in [2.24, 2.45) is 10.7 Å². The number of benzene rings is 1. The maximum Gasteiger partial charge on any atom is 0.275 e. The van der Waals surface area contributed by atoms with E-state index in [1.165, 1.54) is 41.9 Å². The van der Waals surface area contributed by atoms with Crippen molar-refractivity contribution in [3.8, 4) is 5.88 Å². The quantitative estimate of drug-likeness (QED) is 0.475. The highest BCUT2D eigenvalue weighted by atomic mass is 32.3. The zero-order chi connectivity index (χ0) is 25.3. The molecule has 1 aliphatic heterocycles. The zero-order valence-corrected chi connectivity index (χ0v) is 20.1. The van der Waals surface area contributed by atoms with Gasteiger partial charge in [-0.2, -0.15) is 0 Å². The number of likely N-dealkylation sites (N-methyl/N-ethyl adjacent to an activating group) is 1. The Labute approximate surface area is 197 Å². The molecule has 0 saturated heterocycles. The standard InChI is InChI=1S/C21H28F2N6O4S/c1-20(2)19(24)28-21(3,12-29(4)34(20,31)32)14-9-13(5-6-15(14)23)27-18(30)16-10-26-17(11-25-16)33-8-7-22/h5-6,9-11,31-32H,7-8,12H2,1-4H3,(H2,24,28)(H,27,30)/t21-/m0/s1. The van der Waals surface area contributed by atoms with Crippen LogP contribution in [0.5, 0.6) is 5.88 Å². The first kappa shape index (κ1) is 25.7. The fraction of sp³-hybridized carbons (Fsp3) is 0.429. The molecule has 3 rings (SSSR count). The number of nitrogens with zero attached hydrogens (tertiary/aromatic N) is 4. The Morgan fingerprint density at radius 2 is 2.00 bits per heavy atom. The van der Waals surface area contributed by atoms with Crippen LogP contribution in [0.1, 0.15) is 36.8 Å². The van der Waals surface area contributed by atoms with Gasteiger partial charge in [0.2, 0.25) is 5.88 Å². The van der Waals surface area contributed by atoms with Gasteiger partial charge in [-0.15, -0.1) is 10.8 Å². The van der Waals surface area contributed by atoms with Gasteiger partial charge in [-0.25, -0.2) is 23.1 Å². The highest BCUT2D eigenvalue weighted by molar-refractivity contribution is 8.24. The van der Waals surface area contributed by atoms with E-state index in [0.717, 1.165) is 0 Å². The molecule has 1 amide bonds. The Balaban J connectivity index is 1.90. The number of anilines is 1. The second-order valence-corrected chi connectivity index (χ2v) is 11.2. The molecule has 0 unspecified atom stereocenters. The fourth-order valence-corrected chi connectivity index (χ4v) is 5.03. The third-order valence-electron chi connectivity index (χ3n) is 5.63. The van der Waals surface area contributed by atoms with Crippen LogP contribution in [0.2, 0.25) is 0 Å². The van der Waals surface area contributed by atoms with E-state index in [2.05, 4.69) is 20.3 Å². The van der Waals surface area contributed by atoms with Gasteiger partial charge in [-0.3, -0.25) is 18.9 Å². The smallest absolute Gasteiger partial charge is 0.275 e. The lowest BCUT2D eigenvalue weighted by atomic mass is 9.91. The second-order valence-electron chi connectivity index (χ2n) is 8.51. The van der Waals surface area contributed by atoms with Crippen LogP contribution in [0.25, 0.3) is 0 Å². The van der Waals surface area contributed by atoms with Crippen molar-refractivity contribution in [3.63, 3.8) is 0 Å². The average Bonchev–Trinajstić information content (AvgIpc) is 2.82. The summed E-state index contributed by atoms with van der Waals surface area (Å²) in [6, 6.07) is 3.96. The van der Waals surface area contributed by atoms with Crippen molar-refractivity contribution in [2.45, 2.75) is 31.1 Å².